The van der Waals surface area contributed by atoms with Gasteiger partial charge in [0.25, 0.3) is 5.89 Å². The maximum absolute atomic E-state index is 12.5. The van der Waals surface area contributed by atoms with Crippen LogP contribution in [0.3, 0.4) is 0 Å². The highest BCUT2D eigenvalue weighted by atomic mass is 19.4. The summed E-state index contributed by atoms with van der Waals surface area (Å²) in [5.74, 6) is 0.282. The van der Waals surface area contributed by atoms with Gasteiger partial charge in [0.2, 0.25) is 0 Å². The van der Waals surface area contributed by atoms with E-state index in [4.69, 9.17) is 4.42 Å². The molecule has 0 spiro atoms. The molecule has 0 fully saturated rings. The highest BCUT2D eigenvalue weighted by molar-refractivity contribution is 5.58. The number of rotatable bonds is 3. The zero-order valence-electron chi connectivity index (χ0n) is 11.9. The van der Waals surface area contributed by atoms with Gasteiger partial charge in [-0.3, -0.25) is 4.98 Å². The van der Waals surface area contributed by atoms with Gasteiger partial charge in [0.05, 0.1) is 11.1 Å². The van der Waals surface area contributed by atoms with Gasteiger partial charge in [0.1, 0.15) is 0 Å². The van der Waals surface area contributed by atoms with Crippen LogP contribution in [0.4, 0.5) is 24.9 Å². The highest BCUT2D eigenvalue weighted by Gasteiger charge is 2.29. The summed E-state index contributed by atoms with van der Waals surface area (Å²) in [6.45, 7) is 1.81. The maximum atomic E-state index is 12.5. The van der Waals surface area contributed by atoms with Gasteiger partial charge in [-0.1, -0.05) is 5.10 Å². The summed E-state index contributed by atoms with van der Waals surface area (Å²) in [5, 5.41) is 10.5. The molecule has 0 unspecified atom stereocenters. The number of aromatic nitrogens is 3. The Bertz CT molecular complexity index is 812. The van der Waals surface area contributed by atoms with Gasteiger partial charge in [0, 0.05) is 17.6 Å². The molecule has 0 aliphatic carbocycles. The minimum absolute atomic E-state index is 0.0861. The van der Waals surface area contributed by atoms with Crippen LogP contribution in [0.15, 0.2) is 47.0 Å². The first-order valence-corrected chi connectivity index (χ1v) is 6.63. The second-order valence-corrected chi connectivity index (χ2v) is 4.75. The van der Waals surface area contributed by atoms with Crippen LogP contribution in [0.2, 0.25) is 0 Å². The summed E-state index contributed by atoms with van der Waals surface area (Å²) in [4.78, 5) is 4.13. The van der Waals surface area contributed by atoms with Crippen molar-refractivity contribution in [1.29, 1.82) is 0 Å². The number of anilines is 2. The third kappa shape index (κ3) is 3.31. The number of alkyl halides is 3. The third-order valence-electron chi connectivity index (χ3n) is 3.13. The predicted octanol–water partition coefficient (Wildman–Crippen LogP) is 4.20. The molecule has 0 bridgehead atoms. The lowest BCUT2D eigenvalue weighted by atomic mass is 10.2. The molecule has 0 aliphatic rings. The number of hydrogen-bond acceptors (Lipinski definition) is 5. The Morgan fingerprint density at radius 3 is 2.43 bits per heavy atom. The Hall–Kier alpha value is -2.90. The molecular weight excluding hydrogens is 309 g/mol. The normalized spacial score (nSPS) is 11.5. The van der Waals surface area contributed by atoms with E-state index < -0.39 is 11.7 Å². The van der Waals surface area contributed by atoms with Crippen molar-refractivity contribution in [2.75, 3.05) is 5.32 Å². The molecule has 2 aromatic heterocycles. The standard InChI is InChI=1S/C15H11F3N4O/c1-9-12(3-2-8-19-9)13-21-22-14(23-13)20-11-6-4-10(5-7-11)15(16,17)18/h2-8H,1H3,(H,20,22). The van der Waals surface area contributed by atoms with Crippen LogP contribution in [0, 0.1) is 6.92 Å². The summed E-state index contributed by atoms with van der Waals surface area (Å²) in [7, 11) is 0. The minimum atomic E-state index is -4.37. The van der Waals surface area contributed by atoms with Crippen LogP contribution >= 0.6 is 0 Å². The average molecular weight is 320 g/mol. The number of hydrogen-bond donors (Lipinski definition) is 1. The topological polar surface area (TPSA) is 63.8 Å². The van der Waals surface area contributed by atoms with Gasteiger partial charge in [-0.15, -0.1) is 5.10 Å². The van der Waals surface area contributed by atoms with E-state index in [1.165, 1.54) is 12.1 Å². The predicted molar refractivity (Wildman–Crippen MR) is 77.0 cm³/mol. The van der Waals surface area contributed by atoms with Crippen LogP contribution in [-0.2, 0) is 6.18 Å². The smallest absolute Gasteiger partial charge is 0.403 e. The lowest BCUT2D eigenvalue weighted by Crippen LogP contribution is -2.04. The van der Waals surface area contributed by atoms with Gasteiger partial charge in [-0.05, 0) is 43.3 Å². The summed E-state index contributed by atoms with van der Waals surface area (Å²) < 4.78 is 43.0. The fraction of sp³-hybridized carbons (Fsp3) is 0.133. The monoisotopic (exact) mass is 320 g/mol. The molecule has 3 rings (SSSR count). The lowest BCUT2D eigenvalue weighted by molar-refractivity contribution is -0.137. The largest absolute Gasteiger partial charge is 0.416 e. The Morgan fingerprint density at radius 2 is 1.78 bits per heavy atom. The SMILES string of the molecule is Cc1ncccc1-c1nnc(Nc2ccc(C(F)(F)F)cc2)o1. The molecular formula is C15H11F3N4O. The van der Waals surface area contributed by atoms with Crippen LogP contribution in [0.5, 0.6) is 0 Å². The number of nitrogens with zero attached hydrogens (tertiary/aromatic N) is 3. The van der Waals surface area contributed by atoms with Crippen molar-refractivity contribution >= 4 is 11.7 Å². The molecule has 0 saturated carbocycles. The van der Waals surface area contributed by atoms with Crippen molar-refractivity contribution in [3.63, 3.8) is 0 Å². The minimum Gasteiger partial charge on any atom is -0.403 e. The van der Waals surface area contributed by atoms with Crippen molar-refractivity contribution in [2.24, 2.45) is 0 Å². The van der Waals surface area contributed by atoms with E-state index >= 15 is 0 Å². The van der Waals surface area contributed by atoms with Crippen LogP contribution in [0.1, 0.15) is 11.3 Å². The summed E-state index contributed by atoms with van der Waals surface area (Å²) >= 11 is 0. The van der Waals surface area contributed by atoms with E-state index in [-0.39, 0.29) is 11.9 Å². The first-order chi connectivity index (χ1) is 10.9. The van der Waals surface area contributed by atoms with Gasteiger partial charge in [0.15, 0.2) is 0 Å². The Balaban J connectivity index is 1.78. The van der Waals surface area contributed by atoms with Crippen LogP contribution < -0.4 is 5.32 Å². The second kappa shape index (κ2) is 5.71. The van der Waals surface area contributed by atoms with Gasteiger partial charge >= 0.3 is 12.2 Å². The second-order valence-electron chi connectivity index (χ2n) is 4.75. The zero-order chi connectivity index (χ0) is 16.4. The quantitative estimate of drug-likeness (QED) is 0.783. The number of halogens is 3. The van der Waals surface area contributed by atoms with Crippen molar-refractivity contribution in [1.82, 2.24) is 15.2 Å². The molecule has 0 amide bonds. The maximum Gasteiger partial charge on any atom is 0.416 e. The first kappa shape index (κ1) is 15.0. The number of aryl methyl sites for hydroxylation is 1. The molecule has 0 atom stereocenters. The molecule has 0 aliphatic heterocycles. The van der Waals surface area contributed by atoms with Gasteiger partial charge < -0.3 is 9.73 Å². The van der Waals surface area contributed by atoms with Crippen molar-refractivity contribution in [2.45, 2.75) is 13.1 Å². The third-order valence-corrected chi connectivity index (χ3v) is 3.13. The summed E-state index contributed by atoms with van der Waals surface area (Å²) in [6.07, 6.45) is -2.72. The molecule has 1 aromatic carbocycles. The van der Waals surface area contributed by atoms with E-state index in [1.54, 1.807) is 18.3 Å². The van der Waals surface area contributed by atoms with E-state index in [1.807, 2.05) is 6.92 Å². The van der Waals surface area contributed by atoms with E-state index in [2.05, 4.69) is 20.5 Å². The molecule has 118 valence electrons. The molecule has 23 heavy (non-hydrogen) atoms. The van der Waals surface area contributed by atoms with Crippen molar-refractivity contribution < 1.29 is 17.6 Å². The van der Waals surface area contributed by atoms with Crippen molar-refractivity contribution in [3.8, 4) is 11.5 Å². The van der Waals surface area contributed by atoms with E-state index in [0.717, 1.165) is 17.8 Å². The van der Waals surface area contributed by atoms with E-state index in [0.29, 0.717) is 11.3 Å². The zero-order valence-corrected chi connectivity index (χ0v) is 11.9. The van der Waals surface area contributed by atoms with E-state index in [9.17, 15) is 13.2 Å². The number of nitrogens with one attached hydrogen (secondary N) is 1. The number of benzene rings is 1. The highest BCUT2D eigenvalue weighted by Crippen LogP contribution is 2.30. The number of pyridine rings is 1. The van der Waals surface area contributed by atoms with Gasteiger partial charge in [-0.25, -0.2) is 0 Å². The molecule has 2 heterocycles. The Morgan fingerprint density at radius 1 is 1.04 bits per heavy atom. The van der Waals surface area contributed by atoms with Crippen LogP contribution in [0.25, 0.3) is 11.5 Å². The molecule has 0 saturated heterocycles. The molecule has 1 N–H and O–H groups in total. The molecule has 3 aromatic rings. The Labute approximate surface area is 129 Å². The molecule has 8 heteroatoms. The summed E-state index contributed by atoms with van der Waals surface area (Å²) in [5.41, 5.74) is 1.12. The average Bonchev–Trinajstić information content (AvgIpc) is 2.95. The Kier molecular flexibility index (Phi) is 3.73. The van der Waals surface area contributed by atoms with Crippen molar-refractivity contribution in [3.05, 3.63) is 53.9 Å². The first-order valence-electron chi connectivity index (χ1n) is 6.63. The lowest BCUT2D eigenvalue weighted by Gasteiger charge is -2.07. The fourth-order valence-corrected chi connectivity index (χ4v) is 1.96. The fourth-order valence-electron chi connectivity index (χ4n) is 1.96. The van der Waals surface area contributed by atoms with Gasteiger partial charge in [-0.2, -0.15) is 13.2 Å². The molecule has 0 radical (unpaired) electrons. The van der Waals surface area contributed by atoms with Crippen LogP contribution in [-0.4, -0.2) is 15.2 Å². The molecule has 5 nitrogen and oxygen atoms in total. The summed E-state index contributed by atoms with van der Waals surface area (Å²) in [6, 6.07) is 8.16.